The van der Waals surface area contributed by atoms with Crippen molar-refractivity contribution in [3.8, 4) is 11.5 Å². The summed E-state index contributed by atoms with van der Waals surface area (Å²) in [7, 11) is 1.49. The van der Waals surface area contributed by atoms with Gasteiger partial charge < -0.3 is 25.0 Å². The number of hydrogen-bond acceptors (Lipinski definition) is 5. The molecule has 2 atom stereocenters. The first-order valence-corrected chi connectivity index (χ1v) is 8.59. The summed E-state index contributed by atoms with van der Waals surface area (Å²) in [5.41, 5.74) is 1.76. The van der Waals surface area contributed by atoms with Crippen molar-refractivity contribution in [3.63, 3.8) is 0 Å². The van der Waals surface area contributed by atoms with Gasteiger partial charge in [0.1, 0.15) is 24.2 Å². The molecule has 3 rings (SSSR count). The van der Waals surface area contributed by atoms with Gasteiger partial charge in [-0.3, -0.25) is 4.79 Å². The Balaban J connectivity index is 2.10. The molecule has 0 spiro atoms. The van der Waals surface area contributed by atoms with Crippen LogP contribution in [-0.4, -0.2) is 48.5 Å². The minimum absolute atomic E-state index is 0.0303. The second-order valence-corrected chi connectivity index (χ2v) is 6.27. The van der Waals surface area contributed by atoms with Crippen molar-refractivity contribution in [3.05, 3.63) is 58.7 Å². The monoisotopic (exact) mass is 371 g/mol. The van der Waals surface area contributed by atoms with Crippen LogP contribution in [0, 0.1) is 0 Å². The maximum absolute atomic E-state index is 12.2. The molecule has 1 aliphatic heterocycles. The zero-order valence-corrected chi connectivity index (χ0v) is 15.1. The molecule has 0 aromatic heterocycles. The molecule has 1 amide bonds. The highest BCUT2D eigenvalue weighted by atomic mass is 16.5. The van der Waals surface area contributed by atoms with E-state index in [1.165, 1.54) is 13.1 Å². The molecule has 7 nitrogen and oxygen atoms in total. The maximum Gasteiger partial charge on any atom is 0.335 e. The zero-order chi connectivity index (χ0) is 19.6. The van der Waals surface area contributed by atoms with Crippen LogP contribution >= 0.6 is 0 Å². The summed E-state index contributed by atoms with van der Waals surface area (Å²) in [5.74, 6) is -0.759. The second kappa shape index (κ2) is 7.67. The van der Waals surface area contributed by atoms with E-state index in [4.69, 9.17) is 14.6 Å². The van der Waals surface area contributed by atoms with Crippen molar-refractivity contribution in [2.45, 2.75) is 18.9 Å². The molecule has 3 N–H and O–H groups in total. The van der Waals surface area contributed by atoms with Gasteiger partial charge in [0.05, 0.1) is 17.7 Å². The van der Waals surface area contributed by atoms with Crippen LogP contribution in [0.3, 0.4) is 0 Å². The van der Waals surface area contributed by atoms with E-state index in [0.29, 0.717) is 17.1 Å². The van der Waals surface area contributed by atoms with Crippen molar-refractivity contribution < 1.29 is 29.3 Å². The number of aromatic carboxylic acids is 1. The smallest absolute Gasteiger partial charge is 0.335 e. The molecular weight excluding hydrogens is 350 g/mol. The number of ether oxygens (including phenoxy) is 2. The van der Waals surface area contributed by atoms with E-state index in [0.717, 1.165) is 5.56 Å². The van der Waals surface area contributed by atoms with Gasteiger partial charge in [-0.2, -0.15) is 0 Å². The molecule has 2 aromatic carbocycles. The minimum atomic E-state index is -1.11. The average molecular weight is 371 g/mol. The van der Waals surface area contributed by atoms with Crippen molar-refractivity contribution >= 4 is 11.9 Å². The molecule has 1 aliphatic rings. The second-order valence-electron chi connectivity index (χ2n) is 6.27. The third-order valence-corrected chi connectivity index (χ3v) is 4.52. The van der Waals surface area contributed by atoms with E-state index in [2.05, 4.69) is 5.32 Å². The molecule has 2 aromatic rings. The van der Waals surface area contributed by atoms with E-state index in [1.54, 1.807) is 12.1 Å². The summed E-state index contributed by atoms with van der Waals surface area (Å²) < 4.78 is 11.4. The van der Waals surface area contributed by atoms with Crippen LogP contribution in [-0.2, 0) is 0 Å². The fourth-order valence-electron chi connectivity index (χ4n) is 3.36. The van der Waals surface area contributed by atoms with Crippen molar-refractivity contribution in [2.24, 2.45) is 0 Å². The first-order chi connectivity index (χ1) is 13.0. The van der Waals surface area contributed by atoms with Crippen molar-refractivity contribution in [2.75, 3.05) is 20.3 Å². The Morgan fingerprint density at radius 2 is 2.04 bits per heavy atom. The van der Waals surface area contributed by atoms with Gasteiger partial charge in [-0.1, -0.05) is 12.1 Å². The molecular formula is C20H21NO6. The predicted octanol–water partition coefficient (Wildman–Crippen LogP) is 2.03. The lowest BCUT2D eigenvalue weighted by Crippen LogP contribution is -2.19. The van der Waals surface area contributed by atoms with Gasteiger partial charge in [0.25, 0.3) is 5.91 Å². The van der Waals surface area contributed by atoms with Crippen LogP contribution in [0.5, 0.6) is 11.5 Å². The lowest BCUT2D eigenvalue weighted by atomic mass is 9.87. The van der Waals surface area contributed by atoms with E-state index in [1.807, 2.05) is 25.1 Å². The van der Waals surface area contributed by atoms with Crippen LogP contribution in [0.15, 0.2) is 36.4 Å². The number of hydrogen-bond donors (Lipinski definition) is 3. The summed E-state index contributed by atoms with van der Waals surface area (Å²) in [6.45, 7) is 1.97. The molecule has 27 heavy (non-hydrogen) atoms. The summed E-state index contributed by atoms with van der Waals surface area (Å²) in [6, 6.07) is 10.2. The Hall–Kier alpha value is -3.06. The molecule has 0 radical (unpaired) electrons. The van der Waals surface area contributed by atoms with Crippen LogP contribution in [0.1, 0.15) is 44.7 Å². The Kier molecular flexibility index (Phi) is 5.32. The standard InChI is InChI=1S/C20H21NO6/c1-11-17(12-4-3-5-14(8-12)26-7-6-22)15-9-13(20(24)25)10-16(18(15)27-11)19(23)21-2/h3-5,8-11,17,22H,6-7H2,1-2H3,(H,21,23)(H,24,25)/t11-,17-/m0/s1. The maximum atomic E-state index is 12.2. The number of aliphatic hydroxyl groups is 1. The van der Waals surface area contributed by atoms with Gasteiger partial charge in [0, 0.05) is 18.5 Å². The van der Waals surface area contributed by atoms with Gasteiger partial charge >= 0.3 is 5.97 Å². The normalized spacial score (nSPS) is 17.7. The predicted molar refractivity (Wildman–Crippen MR) is 97.7 cm³/mol. The Morgan fingerprint density at radius 1 is 1.26 bits per heavy atom. The molecule has 0 bridgehead atoms. The molecule has 1 heterocycles. The summed E-state index contributed by atoms with van der Waals surface area (Å²) in [5, 5.41) is 20.9. The highest BCUT2D eigenvalue weighted by Crippen LogP contribution is 2.45. The molecule has 0 saturated heterocycles. The van der Waals surface area contributed by atoms with Crippen LogP contribution in [0.2, 0.25) is 0 Å². The van der Waals surface area contributed by atoms with Crippen molar-refractivity contribution in [1.82, 2.24) is 5.32 Å². The van der Waals surface area contributed by atoms with E-state index in [-0.39, 0.29) is 36.4 Å². The number of nitrogens with one attached hydrogen (secondary N) is 1. The highest BCUT2D eigenvalue weighted by molar-refractivity contribution is 6.00. The number of amides is 1. The number of fused-ring (bicyclic) bond motifs is 1. The third-order valence-electron chi connectivity index (χ3n) is 4.52. The lowest BCUT2D eigenvalue weighted by molar-refractivity contribution is 0.0696. The third kappa shape index (κ3) is 3.59. The first kappa shape index (κ1) is 18.7. The van der Waals surface area contributed by atoms with Gasteiger partial charge in [0.15, 0.2) is 0 Å². The zero-order valence-electron chi connectivity index (χ0n) is 15.1. The number of carboxylic acids is 1. The molecule has 142 valence electrons. The van der Waals surface area contributed by atoms with Crippen LogP contribution in [0.4, 0.5) is 0 Å². The van der Waals surface area contributed by atoms with Gasteiger partial charge in [-0.15, -0.1) is 0 Å². The highest BCUT2D eigenvalue weighted by Gasteiger charge is 2.36. The quantitative estimate of drug-likeness (QED) is 0.718. The number of carbonyl (C=O) groups is 2. The van der Waals surface area contributed by atoms with E-state index in [9.17, 15) is 14.7 Å². The molecule has 7 heteroatoms. The number of benzene rings is 2. The number of rotatable bonds is 6. The summed E-state index contributed by atoms with van der Waals surface area (Å²) >= 11 is 0. The topological polar surface area (TPSA) is 105 Å². The average Bonchev–Trinajstić information content (AvgIpc) is 3.00. The first-order valence-electron chi connectivity index (χ1n) is 8.59. The fourth-order valence-corrected chi connectivity index (χ4v) is 3.36. The summed E-state index contributed by atoms with van der Waals surface area (Å²) in [6.07, 6.45) is -0.291. The molecule has 0 unspecified atom stereocenters. The van der Waals surface area contributed by atoms with Crippen LogP contribution < -0.4 is 14.8 Å². The molecule has 0 fully saturated rings. The molecule has 0 aliphatic carbocycles. The Labute approximate surface area is 156 Å². The fraction of sp³-hybridized carbons (Fsp3) is 0.300. The SMILES string of the molecule is CNC(=O)c1cc(C(=O)O)cc2c1O[C@@H](C)[C@H]2c1cccc(OCCO)c1. The van der Waals surface area contributed by atoms with Crippen LogP contribution in [0.25, 0.3) is 0 Å². The molecule has 0 saturated carbocycles. The lowest BCUT2D eigenvalue weighted by Gasteiger charge is -2.16. The van der Waals surface area contributed by atoms with Gasteiger partial charge in [0.2, 0.25) is 0 Å². The number of aliphatic hydroxyl groups excluding tert-OH is 1. The number of carboxylic acid groups (broad SMARTS) is 1. The van der Waals surface area contributed by atoms with Gasteiger partial charge in [-0.25, -0.2) is 4.79 Å². The van der Waals surface area contributed by atoms with Gasteiger partial charge in [-0.05, 0) is 36.8 Å². The number of carbonyl (C=O) groups excluding carboxylic acids is 1. The van der Waals surface area contributed by atoms with Crippen molar-refractivity contribution in [1.29, 1.82) is 0 Å². The minimum Gasteiger partial charge on any atom is -0.491 e. The van der Waals surface area contributed by atoms with E-state index < -0.39 is 11.9 Å². The largest absolute Gasteiger partial charge is 0.491 e. The summed E-state index contributed by atoms with van der Waals surface area (Å²) in [4.78, 5) is 23.8. The Bertz CT molecular complexity index is 879. The Morgan fingerprint density at radius 3 is 2.70 bits per heavy atom. The van der Waals surface area contributed by atoms with E-state index >= 15 is 0 Å².